The molecule has 60 heavy (non-hydrogen) atoms. The van der Waals surface area contributed by atoms with Crippen LogP contribution in [-0.2, 0) is 16.2 Å². The average Bonchev–Trinajstić information content (AvgIpc) is 3.62. The molecular formula is C55H52N4O. The number of imidazole rings is 1. The molecule has 1 N–H and O–H groups in total. The predicted octanol–water partition coefficient (Wildman–Crippen LogP) is 14.4. The van der Waals surface area contributed by atoms with Crippen LogP contribution in [0, 0.1) is 0 Å². The molecule has 0 unspecified atom stereocenters. The highest BCUT2D eigenvalue weighted by Crippen LogP contribution is 2.46. The molecule has 0 saturated carbocycles. The minimum absolute atomic E-state index is 0.139. The predicted molar refractivity (Wildman–Crippen MR) is 251 cm³/mol. The molecule has 0 bridgehead atoms. The topological polar surface area (TPSA) is 63.8 Å². The van der Waals surface area contributed by atoms with Crippen molar-refractivity contribution < 1.29 is 5.11 Å². The number of aromatic hydroxyl groups is 1. The van der Waals surface area contributed by atoms with Crippen LogP contribution >= 0.6 is 0 Å². The zero-order chi connectivity index (χ0) is 42.1. The van der Waals surface area contributed by atoms with Gasteiger partial charge in [0.15, 0.2) is 0 Å². The van der Waals surface area contributed by atoms with Gasteiger partial charge in [-0.1, -0.05) is 147 Å². The molecule has 0 spiro atoms. The van der Waals surface area contributed by atoms with E-state index in [0.717, 1.165) is 83.0 Å². The number of aromatic nitrogens is 4. The Bertz CT molecular complexity index is 3100. The minimum atomic E-state index is -0.322. The van der Waals surface area contributed by atoms with Crippen molar-refractivity contribution in [2.75, 3.05) is 0 Å². The molecule has 0 aliphatic carbocycles. The van der Waals surface area contributed by atoms with Gasteiger partial charge in [-0.15, -0.1) is 0 Å². The molecule has 0 atom stereocenters. The van der Waals surface area contributed by atoms with E-state index in [4.69, 9.17) is 15.0 Å². The van der Waals surface area contributed by atoms with Gasteiger partial charge in [-0.25, -0.2) is 4.98 Å². The number of benzene rings is 6. The van der Waals surface area contributed by atoms with Crippen molar-refractivity contribution in [3.05, 3.63) is 163 Å². The maximum absolute atomic E-state index is 12.5. The Balaban J connectivity index is 1.37. The first-order chi connectivity index (χ1) is 28.6. The van der Waals surface area contributed by atoms with Gasteiger partial charge in [0.2, 0.25) is 0 Å². The van der Waals surface area contributed by atoms with E-state index in [0.29, 0.717) is 11.4 Å². The molecule has 0 amide bonds. The fraction of sp³-hybridized carbons (Fsp3) is 0.218. The quantitative estimate of drug-likeness (QED) is 0.177. The largest absolute Gasteiger partial charge is 0.507 e. The van der Waals surface area contributed by atoms with Crippen molar-refractivity contribution in [2.45, 2.75) is 78.6 Å². The molecule has 0 aliphatic rings. The van der Waals surface area contributed by atoms with E-state index in [2.05, 4.69) is 194 Å². The maximum atomic E-state index is 12.5. The fourth-order valence-corrected chi connectivity index (χ4v) is 8.40. The summed E-state index contributed by atoms with van der Waals surface area (Å²) in [4.78, 5) is 15.5. The van der Waals surface area contributed by atoms with E-state index in [1.165, 1.54) is 5.56 Å². The number of pyridine rings is 2. The van der Waals surface area contributed by atoms with Crippen molar-refractivity contribution in [2.24, 2.45) is 0 Å². The van der Waals surface area contributed by atoms with E-state index in [-0.39, 0.29) is 22.0 Å². The molecule has 5 nitrogen and oxygen atoms in total. The van der Waals surface area contributed by atoms with Crippen LogP contribution < -0.4 is 0 Å². The summed E-state index contributed by atoms with van der Waals surface area (Å²) in [6.45, 7) is 19.9. The summed E-state index contributed by atoms with van der Waals surface area (Å²) < 4.78 is 2.25. The third-order valence-electron chi connectivity index (χ3n) is 11.8. The Morgan fingerprint density at radius 2 is 1.23 bits per heavy atom. The lowest BCUT2D eigenvalue weighted by molar-refractivity contribution is 0.446. The molecule has 0 radical (unpaired) electrons. The molecule has 3 heterocycles. The average molecular weight is 785 g/mol. The SMILES string of the molecule is CC(C)(C)c1cc(-c2cc(-c3ccccc3)ccn2)cc(-c2cccc3c2nc(-c2cc(C(C)(C)C)cc(C(C)(C)C)c2O)n3-c2cccc3ncc4ccccc4c23)c1. The molecule has 298 valence electrons. The number of phenolic OH excluding ortho intramolecular Hbond substituents is 1. The van der Waals surface area contributed by atoms with Crippen molar-refractivity contribution >= 4 is 32.7 Å². The Labute approximate surface area is 353 Å². The van der Waals surface area contributed by atoms with Gasteiger partial charge in [0.05, 0.1) is 33.5 Å². The lowest BCUT2D eigenvalue weighted by Crippen LogP contribution is -2.17. The van der Waals surface area contributed by atoms with Crippen LogP contribution in [0.3, 0.4) is 0 Å². The molecular weight excluding hydrogens is 733 g/mol. The summed E-state index contributed by atoms with van der Waals surface area (Å²) in [5, 5.41) is 15.7. The molecule has 0 saturated heterocycles. The number of para-hydroxylation sites is 1. The van der Waals surface area contributed by atoms with Gasteiger partial charge in [0.25, 0.3) is 0 Å². The van der Waals surface area contributed by atoms with Gasteiger partial charge in [-0.3, -0.25) is 14.5 Å². The Morgan fingerprint density at radius 3 is 1.98 bits per heavy atom. The van der Waals surface area contributed by atoms with Crippen LogP contribution in [0.5, 0.6) is 5.75 Å². The molecule has 5 heteroatoms. The monoisotopic (exact) mass is 784 g/mol. The van der Waals surface area contributed by atoms with Crippen LogP contribution in [0.15, 0.2) is 146 Å². The van der Waals surface area contributed by atoms with Crippen LogP contribution in [0.2, 0.25) is 0 Å². The number of hydrogen-bond donors (Lipinski definition) is 1. The number of rotatable bonds is 5. The second-order valence-electron chi connectivity index (χ2n) is 19.2. The third kappa shape index (κ3) is 6.92. The zero-order valence-electron chi connectivity index (χ0n) is 36.1. The van der Waals surface area contributed by atoms with Gasteiger partial charge in [-0.05, 0) is 98.0 Å². The highest BCUT2D eigenvalue weighted by molar-refractivity contribution is 6.11. The first-order valence-electron chi connectivity index (χ1n) is 20.9. The van der Waals surface area contributed by atoms with Gasteiger partial charge >= 0.3 is 0 Å². The van der Waals surface area contributed by atoms with E-state index in [1.807, 2.05) is 18.5 Å². The van der Waals surface area contributed by atoms with Gasteiger partial charge in [0.1, 0.15) is 11.6 Å². The number of hydrogen-bond acceptors (Lipinski definition) is 4. The Morgan fingerprint density at radius 1 is 0.533 bits per heavy atom. The van der Waals surface area contributed by atoms with Crippen molar-refractivity contribution in [1.29, 1.82) is 0 Å². The summed E-state index contributed by atoms with van der Waals surface area (Å²) in [5.41, 5.74) is 13.2. The van der Waals surface area contributed by atoms with Crippen LogP contribution in [0.1, 0.15) is 79.0 Å². The lowest BCUT2D eigenvalue weighted by Gasteiger charge is -2.27. The summed E-state index contributed by atoms with van der Waals surface area (Å²) in [5.74, 6) is 0.926. The fourth-order valence-electron chi connectivity index (χ4n) is 8.40. The first-order valence-corrected chi connectivity index (χ1v) is 20.9. The van der Waals surface area contributed by atoms with Crippen LogP contribution in [-0.4, -0.2) is 24.6 Å². The third-order valence-corrected chi connectivity index (χ3v) is 11.8. The number of fused-ring (bicyclic) bond motifs is 4. The lowest BCUT2D eigenvalue weighted by atomic mass is 9.79. The maximum Gasteiger partial charge on any atom is 0.149 e. The highest BCUT2D eigenvalue weighted by Gasteiger charge is 2.29. The van der Waals surface area contributed by atoms with Crippen molar-refractivity contribution in [3.8, 4) is 56.3 Å². The first kappa shape index (κ1) is 38.9. The molecule has 0 aliphatic heterocycles. The summed E-state index contributed by atoms with van der Waals surface area (Å²) in [6, 6.07) is 47.1. The van der Waals surface area contributed by atoms with Crippen molar-refractivity contribution in [1.82, 2.24) is 19.5 Å². The standard InChI is InChI=1S/C55H52N4O/c1-53(2,3)39-28-37(27-38(29-39)46-30-35(25-26-56-46)34-17-11-10-12-18-34)42-21-15-24-48-50(42)58-52(43-31-40(54(4,5)6)32-44(51(43)60)55(7,8)9)59(48)47-23-16-22-45-49(47)41-20-14-13-19-36(41)33-57-45/h10-33,60H,1-9H3. The normalized spacial score (nSPS) is 12.5. The second kappa shape index (κ2) is 14.3. The van der Waals surface area contributed by atoms with Crippen LogP contribution in [0.4, 0.5) is 0 Å². The Hall–Kier alpha value is -6.59. The van der Waals surface area contributed by atoms with Crippen molar-refractivity contribution in [3.63, 3.8) is 0 Å². The van der Waals surface area contributed by atoms with Gasteiger partial charge in [-0.2, -0.15) is 0 Å². The zero-order valence-corrected chi connectivity index (χ0v) is 36.1. The van der Waals surface area contributed by atoms with Crippen LogP contribution in [0.25, 0.3) is 83.3 Å². The smallest absolute Gasteiger partial charge is 0.149 e. The molecule has 3 aromatic heterocycles. The summed E-state index contributed by atoms with van der Waals surface area (Å²) >= 11 is 0. The van der Waals surface area contributed by atoms with E-state index >= 15 is 0 Å². The van der Waals surface area contributed by atoms with Gasteiger partial charge < -0.3 is 5.11 Å². The molecule has 0 fully saturated rings. The summed E-state index contributed by atoms with van der Waals surface area (Å²) in [7, 11) is 0. The molecule has 9 rings (SSSR count). The summed E-state index contributed by atoms with van der Waals surface area (Å²) in [6.07, 6.45) is 3.85. The minimum Gasteiger partial charge on any atom is -0.507 e. The highest BCUT2D eigenvalue weighted by atomic mass is 16.3. The molecule has 6 aromatic carbocycles. The number of nitrogens with zero attached hydrogens (tertiary/aromatic N) is 4. The van der Waals surface area contributed by atoms with Gasteiger partial charge in [0, 0.05) is 39.9 Å². The van der Waals surface area contributed by atoms with E-state index in [9.17, 15) is 5.11 Å². The molecule has 9 aromatic rings. The van der Waals surface area contributed by atoms with E-state index in [1.54, 1.807) is 0 Å². The second-order valence-corrected chi connectivity index (χ2v) is 19.2. The number of phenols is 1. The Kier molecular flexibility index (Phi) is 9.27. The van der Waals surface area contributed by atoms with E-state index < -0.39 is 0 Å².